The van der Waals surface area contributed by atoms with Crippen LogP contribution in [0.1, 0.15) is 37.0 Å². The molecule has 1 heterocycles. The summed E-state index contributed by atoms with van der Waals surface area (Å²) in [6.45, 7) is 5.16. The molecule has 5 heteroatoms. The molecule has 102 valence electrons. The second-order valence-electron chi connectivity index (χ2n) is 4.67. The molecule has 0 aliphatic heterocycles. The molecule has 5 nitrogen and oxygen atoms in total. The molecule has 1 N–H and O–H groups in total. The van der Waals surface area contributed by atoms with Crippen LogP contribution in [0, 0.1) is 0 Å². The fraction of sp³-hybridized carbons (Fsp3) is 0.429. The minimum atomic E-state index is 0.261. The van der Waals surface area contributed by atoms with Gasteiger partial charge in [-0.1, -0.05) is 31.1 Å². The van der Waals surface area contributed by atoms with Gasteiger partial charge in [0.05, 0.1) is 0 Å². The van der Waals surface area contributed by atoms with Crippen molar-refractivity contribution in [3.8, 4) is 5.75 Å². The Bertz CT molecular complexity index is 523. The van der Waals surface area contributed by atoms with Crippen LogP contribution in [-0.2, 0) is 13.2 Å². The Morgan fingerprint density at radius 1 is 1.37 bits per heavy atom. The fourth-order valence-electron chi connectivity index (χ4n) is 1.66. The Morgan fingerprint density at radius 3 is 2.89 bits per heavy atom. The standard InChI is InChI=1S/C14H19N3O2/c1-10(2)14-16-13(19-17-14)9-18-12-6-4-5-11(7-12)8-15-3/h4-7,10,15H,8-9H2,1-3H3. The molecule has 0 fully saturated rings. The second-order valence-corrected chi connectivity index (χ2v) is 4.67. The summed E-state index contributed by atoms with van der Waals surface area (Å²) in [5.74, 6) is 2.28. The predicted molar refractivity (Wildman–Crippen MR) is 71.9 cm³/mol. The Balaban J connectivity index is 1.95. The highest BCUT2D eigenvalue weighted by Crippen LogP contribution is 2.15. The molecule has 1 aromatic carbocycles. The van der Waals surface area contributed by atoms with E-state index in [-0.39, 0.29) is 5.92 Å². The van der Waals surface area contributed by atoms with Crippen LogP contribution in [0.15, 0.2) is 28.8 Å². The molecular formula is C14H19N3O2. The molecule has 0 radical (unpaired) electrons. The third kappa shape index (κ3) is 3.79. The first-order valence-electron chi connectivity index (χ1n) is 6.38. The van der Waals surface area contributed by atoms with E-state index in [4.69, 9.17) is 9.26 Å². The van der Waals surface area contributed by atoms with Gasteiger partial charge < -0.3 is 14.6 Å². The minimum Gasteiger partial charge on any atom is -0.484 e. The third-order valence-electron chi connectivity index (χ3n) is 2.64. The van der Waals surface area contributed by atoms with Crippen LogP contribution in [0.2, 0.25) is 0 Å². The van der Waals surface area contributed by atoms with E-state index >= 15 is 0 Å². The van der Waals surface area contributed by atoms with Gasteiger partial charge in [-0.05, 0) is 24.7 Å². The van der Waals surface area contributed by atoms with E-state index in [0.29, 0.717) is 18.3 Å². The molecule has 0 atom stereocenters. The average Bonchev–Trinajstić information content (AvgIpc) is 2.86. The maximum atomic E-state index is 5.65. The SMILES string of the molecule is CNCc1cccc(OCc2nc(C(C)C)no2)c1. The van der Waals surface area contributed by atoms with Crippen LogP contribution < -0.4 is 10.1 Å². The summed E-state index contributed by atoms with van der Waals surface area (Å²) in [5, 5.41) is 7.00. The zero-order chi connectivity index (χ0) is 13.7. The van der Waals surface area contributed by atoms with Gasteiger partial charge in [-0.15, -0.1) is 0 Å². The molecule has 1 aromatic heterocycles. The monoisotopic (exact) mass is 261 g/mol. The number of hydrogen-bond acceptors (Lipinski definition) is 5. The summed E-state index contributed by atoms with van der Waals surface area (Å²) in [7, 11) is 1.92. The van der Waals surface area contributed by atoms with Crippen molar-refractivity contribution in [2.45, 2.75) is 32.9 Å². The van der Waals surface area contributed by atoms with Crippen molar-refractivity contribution in [1.82, 2.24) is 15.5 Å². The molecule has 0 amide bonds. The van der Waals surface area contributed by atoms with Crippen molar-refractivity contribution in [1.29, 1.82) is 0 Å². The first kappa shape index (κ1) is 13.5. The first-order valence-corrected chi connectivity index (χ1v) is 6.38. The number of benzene rings is 1. The number of nitrogens with zero attached hydrogens (tertiary/aromatic N) is 2. The smallest absolute Gasteiger partial charge is 0.264 e. The predicted octanol–water partition coefficient (Wildman–Crippen LogP) is 2.49. The van der Waals surface area contributed by atoms with Gasteiger partial charge in [0.25, 0.3) is 5.89 Å². The van der Waals surface area contributed by atoms with Crippen LogP contribution in [0.5, 0.6) is 5.75 Å². The number of rotatable bonds is 6. The Morgan fingerprint density at radius 2 is 2.21 bits per heavy atom. The van der Waals surface area contributed by atoms with Gasteiger partial charge in [0, 0.05) is 12.5 Å². The average molecular weight is 261 g/mol. The normalized spacial score (nSPS) is 10.9. The van der Waals surface area contributed by atoms with Crippen LogP contribution in [0.3, 0.4) is 0 Å². The zero-order valence-electron chi connectivity index (χ0n) is 11.5. The van der Waals surface area contributed by atoms with Crippen molar-refractivity contribution >= 4 is 0 Å². The van der Waals surface area contributed by atoms with E-state index < -0.39 is 0 Å². The lowest BCUT2D eigenvalue weighted by Crippen LogP contribution is -2.05. The molecule has 0 aliphatic rings. The Hall–Kier alpha value is -1.88. The molecule has 0 bridgehead atoms. The zero-order valence-corrected chi connectivity index (χ0v) is 11.5. The van der Waals surface area contributed by atoms with E-state index in [0.717, 1.165) is 12.3 Å². The molecule has 0 unspecified atom stereocenters. The van der Waals surface area contributed by atoms with Crippen LogP contribution in [0.4, 0.5) is 0 Å². The van der Waals surface area contributed by atoms with Crippen LogP contribution in [-0.4, -0.2) is 17.2 Å². The van der Waals surface area contributed by atoms with E-state index in [2.05, 4.69) is 15.5 Å². The maximum absolute atomic E-state index is 5.65. The van der Waals surface area contributed by atoms with Gasteiger partial charge in [-0.25, -0.2) is 0 Å². The molecule has 2 aromatic rings. The van der Waals surface area contributed by atoms with E-state index in [1.807, 2.05) is 45.2 Å². The largest absolute Gasteiger partial charge is 0.484 e. The minimum absolute atomic E-state index is 0.261. The molecule has 0 saturated heterocycles. The lowest BCUT2D eigenvalue weighted by molar-refractivity contribution is 0.242. The molecule has 2 rings (SSSR count). The highest BCUT2D eigenvalue weighted by Gasteiger charge is 2.09. The summed E-state index contributed by atoms with van der Waals surface area (Å²) >= 11 is 0. The summed E-state index contributed by atoms with van der Waals surface area (Å²) in [6, 6.07) is 7.93. The van der Waals surface area contributed by atoms with Gasteiger partial charge in [0.15, 0.2) is 12.4 Å². The number of nitrogens with one attached hydrogen (secondary N) is 1. The summed E-state index contributed by atoms with van der Waals surface area (Å²) in [5.41, 5.74) is 1.17. The molecule has 19 heavy (non-hydrogen) atoms. The third-order valence-corrected chi connectivity index (χ3v) is 2.64. The quantitative estimate of drug-likeness (QED) is 0.865. The lowest BCUT2D eigenvalue weighted by atomic mass is 10.2. The maximum Gasteiger partial charge on any atom is 0.264 e. The van der Waals surface area contributed by atoms with Crippen molar-refractivity contribution in [3.05, 3.63) is 41.5 Å². The van der Waals surface area contributed by atoms with Gasteiger partial charge in [0.2, 0.25) is 0 Å². The van der Waals surface area contributed by atoms with Gasteiger partial charge in [-0.2, -0.15) is 4.98 Å². The lowest BCUT2D eigenvalue weighted by Gasteiger charge is -2.05. The number of hydrogen-bond donors (Lipinski definition) is 1. The topological polar surface area (TPSA) is 60.2 Å². The molecule has 0 spiro atoms. The van der Waals surface area contributed by atoms with Crippen molar-refractivity contribution < 1.29 is 9.26 Å². The summed E-state index contributed by atoms with van der Waals surface area (Å²) in [6.07, 6.45) is 0. The number of aromatic nitrogens is 2. The van der Waals surface area contributed by atoms with E-state index in [1.165, 1.54) is 5.56 Å². The van der Waals surface area contributed by atoms with E-state index in [1.54, 1.807) is 0 Å². The van der Waals surface area contributed by atoms with E-state index in [9.17, 15) is 0 Å². The Labute approximate surface area is 113 Å². The summed E-state index contributed by atoms with van der Waals surface area (Å²) < 4.78 is 10.8. The van der Waals surface area contributed by atoms with Crippen molar-refractivity contribution in [2.75, 3.05) is 7.05 Å². The highest BCUT2D eigenvalue weighted by atomic mass is 16.5. The second kappa shape index (κ2) is 6.33. The molecular weight excluding hydrogens is 242 g/mol. The molecule has 0 aliphatic carbocycles. The van der Waals surface area contributed by atoms with Gasteiger partial charge in [0.1, 0.15) is 5.75 Å². The van der Waals surface area contributed by atoms with Gasteiger partial charge in [-0.3, -0.25) is 0 Å². The van der Waals surface area contributed by atoms with Crippen molar-refractivity contribution in [3.63, 3.8) is 0 Å². The number of ether oxygens (including phenoxy) is 1. The summed E-state index contributed by atoms with van der Waals surface area (Å²) in [4.78, 5) is 4.27. The van der Waals surface area contributed by atoms with Crippen LogP contribution >= 0.6 is 0 Å². The van der Waals surface area contributed by atoms with Crippen molar-refractivity contribution in [2.24, 2.45) is 0 Å². The molecule has 0 saturated carbocycles. The van der Waals surface area contributed by atoms with Gasteiger partial charge >= 0.3 is 0 Å². The fourth-order valence-corrected chi connectivity index (χ4v) is 1.66. The van der Waals surface area contributed by atoms with Crippen LogP contribution in [0.25, 0.3) is 0 Å². The first-order chi connectivity index (χ1) is 9.19. The Kier molecular flexibility index (Phi) is 4.52. The highest BCUT2D eigenvalue weighted by molar-refractivity contribution is 5.28.